The maximum atomic E-state index is 4.91. The second-order valence-electron chi connectivity index (χ2n) is 6.90. The monoisotopic (exact) mass is 367 g/mol. The molecule has 0 spiro atoms. The average Bonchev–Trinajstić information content (AvgIpc) is 2.99. The van der Waals surface area contributed by atoms with E-state index in [1.54, 1.807) is 6.20 Å². The summed E-state index contributed by atoms with van der Waals surface area (Å²) in [5.41, 5.74) is 2.83. The first-order chi connectivity index (χ1) is 13.2. The Labute approximate surface area is 158 Å². The Morgan fingerprint density at radius 1 is 1.11 bits per heavy atom. The van der Waals surface area contributed by atoms with Crippen LogP contribution in [0.4, 0.5) is 17.6 Å². The highest BCUT2D eigenvalue weighted by atomic mass is 15.3. The number of nitrogens with one attached hydrogen (secondary N) is 1. The Bertz CT molecular complexity index is 913. The van der Waals surface area contributed by atoms with Gasteiger partial charge >= 0.3 is 0 Å². The summed E-state index contributed by atoms with van der Waals surface area (Å²) in [5, 5.41) is 8.03. The minimum atomic E-state index is 0.701. The van der Waals surface area contributed by atoms with E-state index in [1.165, 1.54) is 6.33 Å². The fraction of sp³-hybridized carbons (Fsp3) is 0.500. The van der Waals surface area contributed by atoms with Crippen LogP contribution < -0.4 is 10.2 Å². The van der Waals surface area contributed by atoms with Crippen LogP contribution in [0.15, 0.2) is 18.6 Å². The van der Waals surface area contributed by atoms with E-state index in [9.17, 15) is 0 Å². The van der Waals surface area contributed by atoms with Gasteiger partial charge in [0.05, 0.1) is 5.69 Å². The lowest BCUT2D eigenvalue weighted by molar-refractivity contribution is 0.311. The summed E-state index contributed by atoms with van der Waals surface area (Å²) in [5.74, 6) is 2.18. The maximum Gasteiger partial charge on any atom is 0.228 e. The molecule has 0 aliphatic carbocycles. The van der Waals surface area contributed by atoms with E-state index in [-0.39, 0.29) is 0 Å². The predicted molar refractivity (Wildman–Crippen MR) is 105 cm³/mol. The molecule has 1 saturated heterocycles. The topological polar surface area (TPSA) is 87.9 Å². The number of aryl methyl sites for hydroxylation is 2. The van der Waals surface area contributed by atoms with Crippen molar-refractivity contribution in [2.75, 3.05) is 43.4 Å². The minimum Gasteiger partial charge on any atom is -0.338 e. The summed E-state index contributed by atoms with van der Waals surface area (Å²) in [7, 11) is 4.08. The largest absolute Gasteiger partial charge is 0.338 e. The van der Waals surface area contributed by atoms with E-state index in [0.717, 1.165) is 67.5 Å². The molecular weight excluding hydrogens is 342 g/mol. The zero-order valence-corrected chi connectivity index (χ0v) is 16.1. The summed E-state index contributed by atoms with van der Waals surface area (Å²) in [6, 6.07) is 1.83. The van der Waals surface area contributed by atoms with Crippen molar-refractivity contribution >= 4 is 28.6 Å². The summed E-state index contributed by atoms with van der Waals surface area (Å²) >= 11 is 0. The number of piperazine rings is 1. The Balaban J connectivity index is 1.80. The van der Waals surface area contributed by atoms with Gasteiger partial charge in [-0.1, -0.05) is 13.3 Å². The highest BCUT2D eigenvalue weighted by Gasteiger charge is 2.22. The molecule has 0 saturated carbocycles. The quantitative estimate of drug-likeness (QED) is 0.728. The Kier molecular flexibility index (Phi) is 4.85. The van der Waals surface area contributed by atoms with E-state index in [1.807, 2.05) is 17.8 Å². The van der Waals surface area contributed by atoms with Crippen molar-refractivity contribution in [1.82, 2.24) is 34.6 Å². The van der Waals surface area contributed by atoms with E-state index < -0.39 is 0 Å². The van der Waals surface area contributed by atoms with Crippen LogP contribution in [0.3, 0.4) is 0 Å². The first kappa shape index (κ1) is 17.6. The van der Waals surface area contributed by atoms with E-state index in [4.69, 9.17) is 15.1 Å². The van der Waals surface area contributed by atoms with Crippen LogP contribution in [0.5, 0.6) is 0 Å². The van der Waals surface area contributed by atoms with Gasteiger partial charge in [0.15, 0.2) is 5.82 Å². The first-order valence-electron chi connectivity index (χ1n) is 9.36. The second kappa shape index (κ2) is 7.43. The van der Waals surface area contributed by atoms with Gasteiger partial charge in [-0.3, -0.25) is 4.68 Å². The highest BCUT2D eigenvalue weighted by molar-refractivity contribution is 5.90. The normalized spacial score (nSPS) is 15.4. The number of hydrogen-bond acceptors (Lipinski definition) is 8. The number of nitrogens with zero attached hydrogens (tertiary/aromatic N) is 8. The number of likely N-dealkylation sites (N-methyl/N-ethyl adjacent to an activating group) is 1. The van der Waals surface area contributed by atoms with Crippen LogP contribution in [-0.4, -0.2) is 67.8 Å². The van der Waals surface area contributed by atoms with Crippen molar-refractivity contribution in [1.29, 1.82) is 0 Å². The highest BCUT2D eigenvalue weighted by Crippen LogP contribution is 2.28. The fourth-order valence-electron chi connectivity index (χ4n) is 3.36. The van der Waals surface area contributed by atoms with Crippen molar-refractivity contribution in [3.63, 3.8) is 0 Å². The molecule has 1 N–H and O–H groups in total. The summed E-state index contributed by atoms with van der Waals surface area (Å²) in [6.07, 6.45) is 5.15. The Hall–Kier alpha value is -2.81. The van der Waals surface area contributed by atoms with Gasteiger partial charge in [-0.15, -0.1) is 0 Å². The number of hydrogen-bond donors (Lipinski definition) is 1. The third-order valence-corrected chi connectivity index (χ3v) is 4.84. The van der Waals surface area contributed by atoms with Crippen molar-refractivity contribution < 1.29 is 0 Å². The van der Waals surface area contributed by atoms with Crippen LogP contribution in [0, 0.1) is 0 Å². The molecule has 0 radical (unpaired) electrons. The standard InChI is InChI=1S/C18H25N9/c1-4-5-13-15-16(26(3)24-13)17(21-14-6-7-19-12-20-14)23-18(22-15)27-10-8-25(2)9-11-27/h6-7,12H,4-5,8-11H2,1-3H3,(H,19,20,21,22,23). The molecule has 4 rings (SSSR count). The molecule has 0 unspecified atom stereocenters. The molecule has 1 aliphatic rings. The lowest BCUT2D eigenvalue weighted by Crippen LogP contribution is -2.45. The van der Waals surface area contributed by atoms with E-state index >= 15 is 0 Å². The van der Waals surface area contributed by atoms with E-state index in [2.05, 4.69) is 39.1 Å². The Morgan fingerprint density at radius 3 is 2.63 bits per heavy atom. The zero-order valence-electron chi connectivity index (χ0n) is 16.1. The van der Waals surface area contributed by atoms with Gasteiger partial charge in [0.25, 0.3) is 0 Å². The van der Waals surface area contributed by atoms with Crippen molar-refractivity contribution in [2.24, 2.45) is 7.05 Å². The number of fused-ring (bicyclic) bond motifs is 1. The summed E-state index contributed by atoms with van der Waals surface area (Å²) < 4.78 is 1.86. The van der Waals surface area contributed by atoms with Crippen molar-refractivity contribution in [3.05, 3.63) is 24.3 Å². The van der Waals surface area contributed by atoms with Gasteiger partial charge in [-0.2, -0.15) is 10.1 Å². The minimum absolute atomic E-state index is 0.701. The predicted octanol–water partition coefficient (Wildman–Crippen LogP) is 1.60. The van der Waals surface area contributed by atoms with Gasteiger partial charge in [0.2, 0.25) is 5.95 Å². The van der Waals surface area contributed by atoms with Gasteiger partial charge in [-0.25, -0.2) is 15.0 Å². The third kappa shape index (κ3) is 3.55. The van der Waals surface area contributed by atoms with Gasteiger partial charge in [0.1, 0.15) is 23.2 Å². The van der Waals surface area contributed by atoms with Crippen LogP contribution in [0.25, 0.3) is 11.0 Å². The molecule has 4 heterocycles. The third-order valence-electron chi connectivity index (χ3n) is 4.84. The van der Waals surface area contributed by atoms with Crippen LogP contribution in [0.1, 0.15) is 19.0 Å². The van der Waals surface area contributed by atoms with Crippen LogP contribution >= 0.6 is 0 Å². The lowest BCUT2D eigenvalue weighted by Gasteiger charge is -2.32. The van der Waals surface area contributed by atoms with Crippen LogP contribution in [-0.2, 0) is 13.5 Å². The smallest absolute Gasteiger partial charge is 0.228 e. The SMILES string of the molecule is CCCc1nn(C)c2c(Nc3ccncn3)nc(N3CCN(C)CC3)nc12. The molecule has 9 nitrogen and oxygen atoms in total. The molecule has 1 fully saturated rings. The van der Waals surface area contributed by atoms with Crippen molar-refractivity contribution in [3.8, 4) is 0 Å². The summed E-state index contributed by atoms with van der Waals surface area (Å²) in [4.78, 5) is 22.6. The van der Waals surface area contributed by atoms with Gasteiger partial charge in [-0.05, 0) is 19.5 Å². The molecular formula is C18H25N9. The molecule has 0 atom stereocenters. The molecule has 1 aliphatic heterocycles. The number of aromatic nitrogens is 6. The number of anilines is 3. The summed E-state index contributed by atoms with van der Waals surface area (Å²) in [6.45, 7) is 6.00. The average molecular weight is 367 g/mol. The van der Waals surface area contributed by atoms with E-state index in [0.29, 0.717) is 5.82 Å². The Morgan fingerprint density at radius 2 is 1.93 bits per heavy atom. The van der Waals surface area contributed by atoms with Gasteiger partial charge in [0, 0.05) is 39.4 Å². The first-order valence-corrected chi connectivity index (χ1v) is 9.36. The zero-order chi connectivity index (χ0) is 18.8. The van der Waals surface area contributed by atoms with Crippen molar-refractivity contribution in [2.45, 2.75) is 19.8 Å². The fourth-order valence-corrected chi connectivity index (χ4v) is 3.36. The molecule has 142 valence electrons. The molecule has 3 aromatic rings. The van der Waals surface area contributed by atoms with Gasteiger partial charge < -0.3 is 15.1 Å². The maximum absolute atomic E-state index is 4.91. The lowest BCUT2D eigenvalue weighted by atomic mass is 10.2. The number of rotatable bonds is 5. The molecule has 0 amide bonds. The molecule has 9 heteroatoms. The molecule has 0 bridgehead atoms. The molecule has 27 heavy (non-hydrogen) atoms. The second-order valence-corrected chi connectivity index (χ2v) is 6.90. The molecule has 0 aromatic carbocycles. The molecule has 3 aromatic heterocycles. The van der Waals surface area contributed by atoms with Crippen LogP contribution in [0.2, 0.25) is 0 Å².